The van der Waals surface area contributed by atoms with Crippen LogP contribution in [-0.2, 0) is 0 Å². The number of rotatable bonds is 1. The number of benzene rings is 4. The zero-order chi connectivity index (χ0) is 15.6. The molecule has 0 amide bonds. The molecule has 4 heteroatoms. The Bertz CT molecular complexity index is 1230. The lowest BCUT2D eigenvalue weighted by atomic mass is 9.93. The van der Waals surface area contributed by atoms with Crippen LogP contribution in [0.25, 0.3) is 43.2 Å². The zero-order valence-corrected chi connectivity index (χ0v) is 12.0. The normalized spacial score (nSPS) is 11.8. The van der Waals surface area contributed by atoms with Crippen molar-refractivity contribution >= 4 is 49.0 Å². The molecule has 0 saturated heterocycles. The smallest absolute Gasteiger partial charge is 0.358 e. The van der Waals surface area contributed by atoms with E-state index in [-0.39, 0.29) is 5.82 Å². The number of fused-ring (bicyclic) bond motifs is 2. The van der Waals surface area contributed by atoms with Gasteiger partial charge in [0.1, 0.15) is 0 Å². The molecule has 0 unspecified atom stereocenters. The maximum Gasteiger partial charge on any atom is 0.364 e. The van der Waals surface area contributed by atoms with Crippen LogP contribution in [0.15, 0.2) is 60.7 Å². The van der Waals surface area contributed by atoms with E-state index in [9.17, 15) is 10.1 Å². The van der Waals surface area contributed by atoms with Gasteiger partial charge < -0.3 is 10.1 Å². The summed E-state index contributed by atoms with van der Waals surface area (Å²) < 4.78 is 0. The Balaban J connectivity index is 2.09. The summed E-state index contributed by atoms with van der Waals surface area (Å²) in [6.07, 6.45) is 0. The van der Waals surface area contributed by atoms with Gasteiger partial charge in [0.15, 0.2) is 5.52 Å². The molecule has 0 bridgehead atoms. The molecule has 1 aromatic heterocycles. The average Bonchev–Trinajstić information content (AvgIpc) is 2.58. The van der Waals surface area contributed by atoms with Gasteiger partial charge in [0, 0.05) is 16.8 Å². The van der Waals surface area contributed by atoms with Crippen LogP contribution in [0.1, 0.15) is 0 Å². The van der Waals surface area contributed by atoms with Gasteiger partial charge in [0.2, 0.25) is 0 Å². The predicted molar refractivity (Wildman–Crippen MR) is 92.1 cm³/mol. The first kappa shape index (κ1) is 12.3. The SMILES string of the molecule is O=[N+]([O-])c1cc2ccc3cc4ccccc4c4ccc(n1)c2c34. The number of nitro groups is 1. The highest BCUT2D eigenvalue weighted by Crippen LogP contribution is 2.38. The van der Waals surface area contributed by atoms with Crippen molar-refractivity contribution in [2.45, 2.75) is 0 Å². The molecule has 5 rings (SSSR count). The average molecular weight is 298 g/mol. The summed E-state index contributed by atoms with van der Waals surface area (Å²) in [5.74, 6) is -0.110. The first-order chi connectivity index (χ1) is 11.2. The topological polar surface area (TPSA) is 56.0 Å². The summed E-state index contributed by atoms with van der Waals surface area (Å²) >= 11 is 0. The minimum Gasteiger partial charge on any atom is -0.358 e. The van der Waals surface area contributed by atoms with Gasteiger partial charge in [0.25, 0.3) is 0 Å². The molecule has 23 heavy (non-hydrogen) atoms. The van der Waals surface area contributed by atoms with Gasteiger partial charge in [-0.15, -0.1) is 0 Å². The van der Waals surface area contributed by atoms with Crippen molar-refractivity contribution in [3.8, 4) is 0 Å². The summed E-state index contributed by atoms with van der Waals surface area (Å²) in [7, 11) is 0. The predicted octanol–water partition coefficient (Wildman–Crippen LogP) is 5.04. The molecule has 5 aromatic rings. The molecule has 108 valence electrons. The van der Waals surface area contributed by atoms with E-state index in [4.69, 9.17) is 0 Å². The van der Waals surface area contributed by atoms with Crippen molar-refractivity contribution in [1.82, 2.24) is 4.98 Å². The van der Waals surface area contributed by atoms with E-state index in [1.54, 1.807) is 6.07 Å². The Labute approximate surface area is 130 Å². The van der Waals surface area contributed by atoms with Crippen LogP contribution in [0.2, 0.25) is 0 Å². The number of hydrogen-bond acceptors (Lipinski definition) is 3. The molecular formula is C19H10N2O2. The first-order valence-corrected chi connectivity index (χ1v) is 7.34. The lowest BCUT2D eigenvalue weighted by molar-refractivity contribution is -0.389. The van der Waals surface area contributed by atoms with E-state index in [2.05, 4.69) is 23.2 Å². The largest absolute Gasteiger partial charge is 0.364 e. The van der Waals surface area contributed by atoms with Crippen molar-refractivity contribution in [1.29, 1.82) is 0 Å². The lowest BCUT2D eigenvalue weighted by Gasteiger charge is -2.11. The second-order valence-electron chi connectivity index (χ2n) is 5.73. The standard InChI is InChI=1S/C19H10N2O2/c22-21(23)17-10-13-6-5-12-9-11-3-1-2-4-14(11)15-7-8-16(20-17)19(13)18(12)15/h1-10H. The van der Waals surface area contributed by atoms with Crippen LogP contribution in [0.3, 0.4) is 0 Å². The minimum atomic E-state index is -0.441. The summed E-state index contributed by atoms with van der Waals surface area (Å²) in [6.45, 7) is 0. The fourth-order valence-corrected chi connectivity index (χ4v) is 3.51. The summed E-state index contributed by atoms with van der Waals surface area (Å²) in [5.41, 5.74) is 0.669. The van der Waals surface area contributed by atoms with E-state index in [0.717, 1.165) is 26.9 Å². The number of aromatic nitrogens is 1. The summed E-state index contributed by atoms with van der Waals surface area (Å²) in [5, 5.41) is 18.7. The molecule has 1 heterocycles. The van der Waals surface area contributed by atoms with E-state index in [1.807, 2.05) is 36.4 Å². The van der Waals surface area contributed by atoms with Crippen LogP contribution in [0, 0.1) is 10.1 Å². The fraction of sp³-hybridized carbons (Fsp3) is 0. The summed E-state index contributed by atoms with van der Waals surface area (Å²) in [4.78, 5) is 14.9. The molecule has 4 aromatic carbocycles. The Morgan fingerprint density at radius 1 is 0.783 bits per heavy atom. The number of nitrogens with zero attached hydrogens (tertiary/aromatic N) is 2. The zero-order valence-electron chi connectivity index (χ0n) is 12.0. The molecule has 4 nitrogen and oxygen atoms in total. The third-order valence-corrected chi connectivity index (χ3v) is 4.47. The van der Waals surface area contributed by atoms with Crippen LogP contribution < -0.4 is 0 Å². The quantitative estimate of drug-likeness (QED) is 0.188. The van der Waals surface area contributed by atoms with Crippen molar-refractivity contribution in [2.75, 3.05) is 0 Å². The van der Waals surface area contributed by atoms with Gasteiger partial charge >= 0.3 is 5.82 Å². The van der Waals surface area contributed by atoms with Crippen molar-refractivity contribution in [3.05, 3.63) is 70.8 Å². The van der Waals surface area contributed by atoms with Crippen LogP contribution >= 0.6 is 0 Å². The Hall–Kier alpha value is -3.27. The third-order valence-electron chi connectivity index (χ3n) is 4.47. The van der Waals surface area contributed by atoms with Crippen molar-refractivity contribution in [2.24, 2.45) is 0 Å². The number of hydrogen-bond donors (Lipinski definition) is 0. The highest BCUT2D eigenvalue weighted by molar-refractivity contribution is 6.28. The molecule has 0 aliphatic rings. The van der Waals surface area contributed by atoms with Crippen LogP contribution in [-0.4, -0.2) is 9.91 Å². The van der Waals surface area contributed by atoms with Crippen molar-refractivity contribution < 1.29 is 4.92 Å². The highest BCUT2D eigenvalue weighted by atomic mass is 16.6. The summed E-state index contributed by atoms with van der Waals surface area (Å²) in [6, 6.07) is 19.9. The van der Waals surface area contributed by atoms with E-state index in [0.29, 0.717) is 5.52 Å². The fourth-order valence-electron chi connectivity index (χ4n) is 3.51. The van der Waals surface area contributed by atoms with Gasteiger partial charge in [-0.2, -0.15) is 0 Å². The maximum atomic E-state index is 11.1. The van der Waals surface area contributed by atoms with Gasteiger partial charge in [-0.3, -0.25) is 0 Å². The molecule has 0 saturated carbocycles. The maximum absolute atomic E-state index is 11.1. The molecule has 0 N–H and O–H groups in total. The minimum absolute atomic E-state index is 0.110. The monoisotopic (exact) mass is 298 g/mol. The second kappa shape index (κ2) is 4.14. The first-order valence-electron chi connectivity index (χ1n) is 7.34. The number of pyridine rings is 1. The molecule has 0 spiro atoms. The van der Waals surface area contributed by atoms with E-state index >= 15 is 0 Å². The highest BCUT2D eigenvalue weighted by Gasteiger charge is 2.17. The van der Waals surface area contributed by atoms with Crippen LogP contribution in [0.4, 0.5) is 5.82 Å². The van der Waals surface area contributed by atoms with Crippen molar-refractivity contribution in [3.63, 3.8) is 0 Å². The molecular weight excluding hydrogens is 288 g/mol. The van der Waals surface area contributed by atoms with Gasteiger partial charge in [-0.25, -0.2) is 0 Å². The molecule has 0 radical (unpaired) electrons. The molecule has 0 aliphatic carbocycles. The molecule has 0 fully saturated rings. The Morgan fingerprint density at radius 3 is 2.39 bits per heavy atom. The van der Waals surface area contributed by atoms with E-state index in [1.165, 1.54) is 10.8 Å². The van der Waals surface area contributed by atoms with E-state index < -0.39 is 4.92 Å². The van der Waals surface area contributed by atoms with Crippen LogP contribution in [0.5, 0.6) is 0 Å². The van der Waals surface area contributed by atoms with Gasteiger partial charge in [0.05, 0.1) is 0 Å². The third kappa shape index (κ3) is 1.57. The van der Waals surface area contributed by atoms with Gasteiger partial charge in [-0.1, -0.05) is 36.4 Å². The lowest BCUT2D eigenvalue weighted by Crippen LogP contribution is -1.94. The molecule has 0 atom stereocenters. The molecule has 0 aliphatic heterocycles. The Kier molecular flexibility index (Phi) is 2.21. The second-order valence-corrected chi connectivity index (χ2v) is 5.73. The Morgan fingerprint density at radius 2 is 1.57 bits per heavy atom. The van der Waals surface area contributed by atoms with Gasteiger partial charge in [-0.05, 0) is 55.0 Å².